The molecular formula is C10H11IO2. The molecule has 0 fully saturated rings. The molecule has 1 unspecified atom stereocenters. The monoisotopic (exact) mass is 290 g/mol. The summed E-state index contributed by atoms with van der Waals surface area (Å²) in [7, 11) is 1.42. The molecule has 1 aromatic carbocycles. The lowest BCUT2D eigenvalue weighted by atomic mass is 10.1. The summed E-state index contributed by atoms with van der Waals surface area (Å²) >= 11 is 2.10. The number of halogens is 1. The normalized spacial score (nSPS) is 12.2. The van der Waals surface area contributed by atoms with Crippen LogP contribution in [0.5, 0.6) is 0 Å². The number of hydrogen-bond acceptors (Lipinski definition) is 2. The fraction of sp³-hybridized carbons (Fsp3) is 0.300. The Balaban J connectivity index is 2.55. The van der Waals surface area contributed by atoms with Gasteiger partial charge in [0.25, 0.3) is 0 Å². The Kier molecular flexibility index (Phi) is 4.21. The molecule has 0 aliphatic heterocycles. The minimum atomic E-state index is -0.163. The molecule has 70 valence electrons. The third-order valence-corrected chi connectivity index (χ3v) is 2.66. The highest BCUT2D eigenvalue weighted by Crippen LogP contribution is 2.11. The number of carbonyl (C=O) groups is 1. The summed E-state index contributed by atoms with van der Waals surface area (Å²) in [5.74, 6) is -0.163. The van der Waals surface area contributed by atoms with Crippen molar-refractivity contribution in [2.75, 3.05) is 7.11 Å². The van der Waals surface area contributed by atoms with E-state index in [1.54, 1.807) is 0 Å². The van der Waals surface area contributed by atoms with Gasteiger partial charge in [-0.25, -0.2) is 0 Å². The number of carbonyl (C=O) groups excluding carboxylic acids is 1. The summed E-state index contributed by atoms with van der Waals surface area (Å²) < 4.78 is 4.55. The summed E-state index contributed by atoms with van der Waals surface area (Å²) in [5.41, 5.74) is 1.16. The number of benzene rings is 1. The molecule has 1 atom stereocenters. The first-order chi connectivity index (χ1) is 6.24. The van der Waals surface area contributed by atoms with Crippen molar-refractivity contribution in [2.24, 2.45) is 0 Å². The van der Waals surface area contributed by atoms with E-state index in [-0.39, 0.29) is 9.89 Å². The van der Waals surface area contributed by atoms with Gasteiger partial charge in [0, 0.05) is 0 Å². The molecule has 0 saturated heterocycles. The smallest absolute Gasteiger partial charge is 0.318 e. The van der Waals surface area contributed by atoms with Gasteiger partial charge in [-0.2, -0.15) is 0 Å². The molecule has 0 spiro atoms. The molecule has 0 bridgehead atoms. The van der Waals surface area contributed by atoms with Crippen LogP contribution in [0.15, 0.2) is 30.3 Å². The van der Waals surface area contributed by atoms with Gasteiger partial charge in [-0.05, 0) is 12.0 Å². The van der Waals surface area contributed by atoms with Gasteiger partial charge < -0.3 is 4.74 Å². The summed E-state index contributed by atoms with van der Waals surface area (Å²) in [6.07, 6.45) is 0.730. The van der Waals surface area contributed by atoms with Crippen molar-refractivity contribution in [1.82, 2.24) is 0 Å². The highest BCUT2D eigenvalue weighted by atomic mass is 127. The third kappa shape index (κ3) is 3.34. The molecule has 0 saturated carbocycles. The fourth-order valence-electron chi connectivity index (χ4n) is 1.03. The third-order valence-electron chi connectivity index (χ3n) is 1.71. The van der Waals surface area contributed by atoms with Crippen molar-refractivity contribution in [3.05, 3.63) is 35.9 Å². The summed E-state index contributed by atoms with van der Waals surface area (Å²) in [6.45, 7) is 0. The zero-order valence-corrected chi connectivity index (χ0v) is 9.52. The van der Waals surface area contributed by atoms with E-state index in [0.29, 0.717) is 0 Å². The summed E-state index contributed by atoms with van der Waals surface area (Å²) in [4.78, 5) is 11.1. The second-order valence-corrected chi connectivity index (χ2v) is 4.18. The standard InChI is InChI=1S/C10H11IO2/c1-13-10(12)9(11)7-8-5-3-2-4-6-8/h2-6,9H,7H2,1H3. The van der Waals surface area contributed by atoms with Crippen molar-refractivity contribution in [3.8, 4) is 0 Å². The van der Waals surface area contributed by atoms with E-state index in [4.69, 9.17) is 0 Å². The van der Waals surface area contributed by atoms with Crippen LogP contribution in [0.1, 0.15) is 5.56 Å². The Morgan fingerprint density at radius 3 is 2.62 bits per heavy atom. The van der Waals surface area contributed by atoms with Crippen molar-refractivity contribution in [1.29, 1.82) is 0 Å². The highest BCUT2D eigenvalue weighted by molar-refractivity contribution is 14.1. The molecule has 13 heavy (non-hydrogen) atoms. The minimum Gasteiger partial charge on any atom is -0.468 e. The number of alkyl halides is 1. The van der Waals surface area contributed by atoms with Gasteiger partial charge >= 0.3 is 5.97 Å². The second kappa shape index (κ2) is 5.21. The van der Waals surface area contributed by atoms with Crippen molar-refractivity contribution in [3.63, 3.8) is 0 Å². The molecule has 0 aromatic heterocycles. The largest absolute Gasteiger partial charge is 0.468 e. The van der Waals surface area contributed by atoms with E-state index >= 15 is 0 Å². The lowest BCUT2D eigenvalue weighted by Crippen LogP contribution is -2.17. The van der Waals surface area contributed by atoms with Gasteiger partial charge in [-0.1, -0.05) is 52.9 Å². The van der Waals surface area contributed by atoms with Gasteiger partial charge in [0.05, 0.1) is 7.11 Å². The molecule has 1 rings (SSSR count). The predicted octanol–water partition coefficient (Wildman–Crippen LogP) is 2.21. The Labute approximate surface area is 91.4 Å². The van der Waals surface area contributed by atoms with Crippen LogP contribution in [0.25, 0.3) is 0 Å². The van der Waals surface area contributed by atoms with Crippen molar-refractivity contribution < 1.29 is 9.53 Å². The molecule has 2 nitrogen and oxygen atoms in total. The first-order valence-corrected chi connectivity index (χ1v) is 5.24. The lowest BCUT2D eigenvalue weighted by molar-refractivity contribution is -0.139. The van der Waals surface area contributed by atoms with E-state index in [1.165, 1.54) is 7.11 Å². The highest BCUT2D eigenvalue weighted by Gasteiger charge is 2.14. The number of methoxy groups -OCH3 is 1. The average molecular weight is 290 g/mol. The quantitative estimate of drug-likeness (QED) is 0.484. The number of esters is 1. The Bertz CT molecular complexity index is 272. The molecule has 0 radical (unpaired) electrons. The Morgan fingerprint density at radius 2 is 2.08 bits per heavy atom. The topological polar surface area (TPSA) is 26.3 Å². The van der Waals surface area contributed by atoms with Crippen LogP contribution in [0.4, 0.5) is 0 Å². The minimum absolute atomic E-state index is 0.0926. The van der Waals surface area contributed by atoms with E-state index in [0.717, 1.165) is 12.0 Å². The van der Waals surface area contributed by atoms with E-state index in [2.05, 4.69) is 27.3 Å². The van der Waals surface area contributed by atoms with Crippen LogP contribution >= 0.6 is 22.6 Å². The number of hydrogen-bond donors (Lipinski definition) is 0. The summed E-state index contributed by atoms with van der Waals surface area (Å²) in [6, 6.07) is 9.92. The molecule has 0 heterocycles. The van der Waals surface area contributed by atoms with Gasteiger partial charge in [-0.3, -0.25) is 4.79 Å². The van der Waals surface area contributed by atoms with Crippen LogP contribution in [0, 0.1) is 0 Å². The maximum atomic E-state index is 11.1. The molecule has 1 aromatic rings. The molecule has 0 amide bonds. The predicted molar refractivity (Wildman–Crippen MR) is 60.0 cm³/mol. The molecular weight excluding hydrogens is 279 g/mol. The maximum absolute atomic E-state index is 11.1. The van der Waals surface area contributed by atoms with Crippen LogP contribution in [-0.4, -0.2) is 17.0 Å². The Morgan fingerprint density at radius 1 is 1.46 bits per heavy atom. The first kappa shape index (κ1) is 10.5. The van der Waals surface area contributed by atoms with E-state index < -0.39 is 0 Å². The van der Waals surface area contributed by atoms with Crippen LogP contribution in [-0.2, 0) is 16.0 Å². The zero-order valence-electron chi connectivity index (χ0n) is 7.37. The number of rotatable bonds is 3. The van der Waals surface area contributed by atoms with Gasteiger partial charge in [0.2, 0.25) is 0 Å². The molecule has 0 aliphatic carbocycles. The van der Waals surface area contributed by atoms with Crippen LogP contribution < -0.4 is 0 Å². The van der Waals surface area contributed by atoms with E-state index in [9.17, 15) is 4.79 Å². The molecule has 0 N–H and O–H groups in total. The van der Waals surface area contributed by atoms with Crippen LogP contribution in [0.2, 0.25) is 0 Å². The molecule has 0 aliphatic rings. The maximum Gasteiger partial charge on any atom is 0.318 e. The number of ether oxygens (including phenoxy) is 1. The SMILES string of the molecule is COC(=O)C(I)Cc1ccccc1. The van der Waals surface area contributed by atoms with E-state index in [1.807, 2.05) is 30.3 Å². The average Bonchev–Trinajstić information content (AvgIpc) is 2.18. The second-order valence-electron chi connectivity index (χ2n) is 2.68. The van der Waals surface area contributed by atoms with Crippen LogP contribution in [0.3, 0.4) is 0 Å². The van der Waals surface area contributed by atoms with Gasteiger partial charge in [0.15, 0.2) is 0 Å². The summed E-state index contributed by atoms with van der Waals surface area (Å²) in [5, 5.41) is 0. The first-order valence-electron chi connectivity index (χ1n) is 4.00. The van der Waals surface area contributed by atoms with Crippen molar-refractivity contribution in [2.45, 2.75) is 10.3 Å². The van der Waals surface area contributed by atoms with Gasteiger partial charge in [0.1, 0.15) is 3.92 Å². The molecule has 3 heteroatoms. The lowest BCUT2D eigenvalue weighted by Gasteiger charge is -2.06. The Hall–Kier alpha value is -0.580. The fourth-order valence-corrected chi connectivity index (χ4v) is 1.80. The zero-order chi connectivity index (χ0) is 9.68. The van der Waals surface area contributed by atoms with Crippen molar-refractivity contribution >= 4 is 28.6 Å². The van der Waals surface area contributed by atoms with Gasteiger partial charge in [-0.15, -0.1) is 0 Å².